The molecule has 3 N–H and O–H groups in total. The van der Waals surface area contributed by atoms with Gasteiger partial charge in [0.05, 0.1) is 5.75 Å². The van der Waals surface area contributed by atoms with Gasteiger partial charge in [-0.3, -0.25) is 4.55 Å². The maximum atomic E-state index is 9.79. The molecule has 0 aliphatic carbocycles. The van der Waals surface area contributed by atoms with Crippen molar-refractivity contribution >= 4 is 21.9 Å². The van der Waals surface area contributed by atoms with Gasteiger partial charge < -0.3 is 0 Å². The Hall–Kier alpha value is 0.160. The van der Waals surface area contributed by atoms with Crippen LogP contribution in [-0.2, 0) is 10.1 Å². The molecule has 6 heteroatoms. The molecule has 0 amide bonds. The average molecular weight is 176 g/mol. The van der Waals surface area contributed by atoms with Gasteiger partial charge in [0.15, 0.2) is 0 Å². The Balaban J connectivity index is 0. The van der Waals surface area contributed by atoms with E-state index in [1.165, 1.54) is 0 Å². The Morgan fingerprint density at radius 2 is 1.89 bits per heavy atom. The Labute approximate surface area is 59.9 Å². The van der Waals surface area contributed by atoms with Gasteiger partial charge in [-0.2, -0.15) is 8.42 Å². The van der Waals surface area contributed by atoms with Crippen LogP contribution in [0, 0.1) is 0 Å². The van der Waals surface area contributed by atoms with Crippen molar-refractivity contribution in [3.63, 3.8) is 0 Å². The minimum Gasteiger partial charge on any atom is -0.286 e. The summed E-state index contributed by atoms with van der Waals surface area (Å²) in [5.41, 5.74) is 0. The van der Waals surface area contributed by atoms with Gasteiger partial charge in [-0.25, -0.2) is 5.25 Å². The lowest BCUT2D eigenvalue weighted by Crippen LogP contribution is -2.01. The lowest BCUT2D eigenvalue weighted by molar-refractivity contribution is 0.482. The van der Waals surface area contributed by atoms with E-state index in [-0.39, 0.29) is 5.75 Å². The first-order valence-electron chi connectivity index (χ1n) is 2.23. The molecule has 0 rings (SSSR count). The fraction of sp³-hybridized carbons (Fsp3) is 1.00. The predicted octanol–water partition coefficient (Wildman–Crippen LogP) is 0.383. The molecule has 0 saturated carbocycles. The fourth-order valence-electron chi connectivity index (χ4n) is 0.258. The van der Waals surface area contributed by atoms with Crippen molar-refractivity contribution in [1.82, 2.24) is 0 Å². The summed E-state index contributed by atoms with van der Waals surface area (Å²) in [7, 11) is -3.67. The molecule has 0 aliphatic heterocycles. The van der Waals surface area contributed by atoms with Crippen LogP contribution < -0.4 is 5.25 Å². The molecule has 0 aromatic carbocycles. The molecule has 0 spiro atoms. The summed E-state index contributed by atoms with van der Waals surface area (Å²) < 4.78 is 27.6. The van der Waals surface area contributed by atoms with Gasteiger partial charge in [0, 0.05) is 0 Å². The summed E-state index contributed by atoms with van der Waals surface area (Å²) in [6.07, 6.45) is 0.471. The van der Waals surface area contributed by atoms with Crippen molar-refractivity contribution < 1.29 is 13.0 Å². The Kier molecular flexibility index (Phi) is 8.31. The van der Waals surface area contributed by atoms with Gasteiger partial charge in [-0.1, -0.05) is 6.92 Å². The summed E-state index contributed by atoms with van der Waals surface area (Å²) >= 11 is 4.14. The summed E-state index contributed by atoms with van der Waals surface area (Å²) in [5, 5.41) is 3.97. The molecule has 0 fully saturated rings. The first-order valence-corrected chi connectivity index (χ1v) is 4.28. The van der Waals surface area contributed by atoms with Gasteiger partial charge >= 0.3 is 0 Å². The molecule has 0 bridgehead atoms. The zero-order valence-electron chi connectivity index (χ0n) is 5.04. The predicted molar refractivity (Wildman–Crippen MR) is 36.7 cm³/mol. The van der Waals surface area contributed by atoms with Crippen molar-refractivity contribution in [2.75, 3.05) is 5.75 Å². The molecule has 9 heavy (non-hydrogen) atoms. The van der Waals surface area contributed by atoms with Crippen LogP contribution in [0.25, 0.3) is 0 Å². The molecule has 0 heterocycles. The maximum absolute atomic E-state index is 9.79. The molecular weight excluding hydrogens is 166 g/mol. The van der Waals surface area contributed by atoms with E-state index >= 15 is 0 Å². The standard InChI is InChI=1S/C3H8O3S.ClH2N/c1-2-3-7(4,5)6;1-2/h2-3H2,1H3,(H,4,5,6);2H2. The summed E-state index contributed by atoms with van der Waals surface area (Å²) in [6, 6.07) is 0. The summed E-state index contributed by atoms with van der Waals surface area (Å²) in [6.45, 7) is 1.69. The van der Waals surface area contributed by atoms with Crippen LogP contribution in [0.1, 0.15) is 13.3 Å². The smallest absolute Gasteiger partial charge is 0.264 e. The molecule has 0 aliphatic rings. The lowest BCUT2D eigenvalue weighted by Gasteiger charge is -1.85. The number of halogens is 1. The van der Waals surface area contributed by atoms with Crippen molar-refractivity contribution in [2.45, 2.75) is 13.3 Å². The first kappa shape index (κ1) is 11.9. The van der Waals surface area contributed by atoms with E-state index in [4.69, 9.17) is 4.55 Å². The maximum Gasteiger partial charge on any atom is 0.264 e. The third-order valence-electron chi connectivity index (χ3n) is 0.462. The van der Waals surface area contributed by atoms with Crippen molar-refractivity contribution in [3.05, 3.63) is 0 Å². The number of hydrogen-bond donors (Lipinski definition) is 2. The third kappa shape index (κ3) is 17.9. The van der Waals surface area contributed by atoms with Gasteiger partial charge in [0.25, 0.3) is 10.1 Å². The molecule has 58 valence electrons. The van der Waals surface area contributed by atoms with Gasteiger partial charge in [-0.15, -0.1) is 0 Å². The van der Waals surface area contributed by atoms with E-state index in [1.54, 1.807) is 6.92 Å². The molecule has 0 atom stereocenters. The van der Waals surface area contributed by atoms with E-state index < -0.39 is 10.1 Å². The number of nitrogens with two attached hydrogens (primary N) is 1. The zero-order chi connectivity index (χ0) is 7.91. The minimum atomic E-state index is -3.67. The fourth-order valence-corrected chi connectivity index (χ4v) is 0.774. The second-order valence-electron chi connectivity index (χ2n) is 1.29. The lowest BCUT2D eigenvalue weighted by atomic mass is 10.6. The van der Waals surface area contributed by atoms with E-state index in [2.05, 4.69) is 17.0 Å². The van der Waals surface area contributed by atoms with E-state index in [0.29, 0.717) is 6.42 Å². The molecule has 0 saturated heterocycles. The van der Waals surface area contributed by atoms with Crippen LogP contribution >= 0.6 is 11.8 Å². The summed E-state index contributed by atoms with van der Waals surface area (Å²) in [4.78, 5) is 0. The van der Waals surface area contributed by atoms with Crippen molar-refractivity contribution in [2.24, 2.45) is 5.25 Å². The second-order valence-corrected chi connectivity index (χ2v) is 2.86. The summed E-state index contributed by atoms with van der Waals surface area (Å²) in [5.74, 6) is -0.132. The van der Waals surface area contributed by atoms with Crippen LogP contribution in [0.4, 0.5) is 0 Å². The van der Waals surface area contributed by atoms with Gasteiger partial charge in [-0.05, 0) is 18.2 Å². The Bertz CT molecular complexity index is 132. The first-order chi connectivity index (χ1) is 4.06. The van der Waals surface area contributed by atoms with E-state index in [1.807, 2.05) is 0 Å². The zero-order valence-corrected chi connectivity index (χ0v) is 6.61. The van der Waals surface area contributed by atoms with Crippen LogP contribution in [-0.4, -0.2) is 18.7 Å². The minimum absolute atomic E-state index is 0.132. The van der Waals surface area contributed by atoms with Crippen LogP contribution in [0.5, 0.6) is 0 Å². The molecule has 4 nitrogen and oxygen atoms in total. The van der Waals surface area contributed by atoms with Crippen LogP contribution in [0.2, 0.25) is 0 Å². The highest BCUT2D eigenvalue weighted by Gasteiger charge is 1.98. The SMILES string of the molecule is CCCS(=O)(=O)O.NCl. The second kappa shape index (κ2) is 6.28. The molecule has 0 unspecified atom stereocenters. The molecule has 0 aromatic rings. The van der Waals surface area contributed by atoms with Crippen molar-refractivity contribution in [1.29, 1.82) is 0 Å². The highest BCUT2D eigenvalue weighted by atomic mass is 35.5. The van der Waals surface area contributed by atoms with Crippen molar-refractivity contribution in [3.8, 4) is 0 Å². The largest absolute Gasteiger partial charge is 0.286 e. The highest BCUT2D eigenvalue weighted by Crippen LogP contribution is 1.83. The number of rotatable bonds is 2. The topological polar surface area (TPSA) is 80.4 Å². The monoisotopic (exact) mass is 175 g/mol. The Morgan fingerprint density at radius 1 is 1.56 bits per heavy atom. The average Bonchev–Trinajstić information content (AvgIpc) is 1.69. The highest BCUT2D eigenvalue weighted by molar-refractivity contribution is 7.85. The molecule has 0 aromatic heterocycles. The number of hydrogen-bond acceptors (Lipinski definition) is 3. The van der Waals surface area contributed by atoms with Gasteiger partial charge in [0.2, 0.25) is 0 Å². The van der Waals surface area contributed by atoms with Crippen LogP contribution in [0.3, 0.4) is 0 Å². The van der Waals surface area contributed by atoms with E-state index in [0.717, 1.165) is 0 Å². The van der Waals surface area contributed by atoms with Gasteiger partial charge in [0.1, 0.15) is 0 Å². The molecule has 0 radical (unpaired) electrons. The normalized spacial score (nSPS) is 9.78. The van der Waals surface area contributed by atoms with E-state index in [9.17, 15) is 8.42 Å². The quantitative estimate of drug-likeness (QED) is 0.470. The molecular formula is C3H10ClNO3S. The van der Waals surface area contributed by atoms with Crippen LogP contribution in [0.15, 0.2) is 0 Å². The third-order valence-corrected chi connectivity index (χ3v) is 1.39. The Morgan fingerprint density at radius 3 is 1.89 bits per heavy atom.